The summed E-state index contributed by atoms with van der Waals surface area (Å²) in [5.41, 5.74) is 7.18. The van der Waals surface area contributed by atoms with Gasteiger partial charge in [-0.1, -0.05) is 23.7 Å². The van der Waals surface area contributed by atoms with Crippen LogP contribution in [0.3, 0.4) is 0 Å². The average Bonchev–Trinajstić information content (AvgIpc) is 2.88. The maximum atomic E-state index is 12.2. The van der Waals surface area contributed by atoms with Gasteiger partial charge in [0, 0.05) is 36.8 Å². The van der Waals surface area contributed by atoms with Gasteiger partial charge in [0.25, 0.3) is 5.91 Å². The highest BCUT2D eigenvalue weighted by Gasteiger charge is 2.10. The van der Waals surface area contributed by atoms with Crippen LogP contribution in [-0.4, -0.2) is 16.7 Å². The zero-order valence-corrected chi connectivity index (χ0v) is 17.2. The first-order valence-corrected chi connectivity index (χ1v) is 9.45. The molecule has 26 heavy (non-hydrogen) atoms. The number of amides is 1. The normalized spacial score (nSPS) is 11.1. The molecule has 0 aliphatic rings. The van der Waals surface area contributed by atoms with Crippen LogP contribution in [0.5, 0.6) is 0 Å². The van der Waals surface area contributed by atoms with E-state index < -0.39 is 0 Å². The Hall–Kier alpha value is -2.12. The highest BCUT2D eigenvalue weighted by Crippen LogP contribution is 2.22. The van der Waals surface area contributed by atoms with Crippen LogP contribution in [0.1, 0.15) is 27.3 Å². The lowest BCUT2D eigenvalue weighted by Crippen LogP contribution is -2.17. The minimum absolute atomic E-state index is 0.233. The van der Waals surface area contributed by atoms with Crippen molar-refractivity contribution in [2.45, 2.75) is 13.8 Å². The van der Waals surface area contributed by atoms with E-state index in [-0.39, 0.29) is 5.91 Å². The molecule has 1 N–H and O–H groups in total. The van der Waals surface area contributed by atoms with E-state index in [9.17, 15) is 4.79 Å². The summed E-state index contributed by atoms with van der Waals surface area (Å²) in [7, 11) is 0. The molecule has 0 fully saturated rings. The molecule has 1 amide bonds. The molecule has 1 aromatic heterocycles. The number of carbonyl (C=O) groups excluding carboxylic acids is 1. The Bertz CT molecular complexity index is 994. The third-order valence-corrected chi connectivity index (χ3v) is 4.90. The lowest BCUT2D eigenvalue weighted by molar-refractivity contribution is 0.0955. The van der Waals surface area contributed by atoms with E-state index in [0.29, 0.717) is 10.6 Å². The van der Waals surface area contributed by atoms with Crippen molar-refractivity contribution in [3.05, 3.63) is 85.7 Å². The number of hydrazone groups is 1. The number of nitrogens with zero attached hydrogens (tertiary/aromatic N) is 2. The Morgan fingerprint density at radius 2 is 1.92 bits per heavy atom. The quantitative estimate of drug-likeness (QED) is 0.317. The van der Waals surface area contributed by atoms with Crippen LogP contribution in [0.4, 0.5) is 0 Å². The maximum Gasteiger partial charge on any atom is 0.271 e. The van der Waals surface area contributed by atoms with Crippen molar-refractivity contribution in [2.75, 3.05) is 0 Å². The molecule has 1 heterocycles. The second kappa shape index (κ2) is 8.05. The van der Waals surface area contributed by atoms with E-state index in [1.165, 1.54) is 0 Å². The lowest BCUT2D eigenvalue weighted by atomic mass is 10.2. The van der Waals surface area contributed by atoms with Gasteiger partial charge in [-0.2, -0.15) is 5.10 Å². The van der Waals surface area contributed by atoms with Gasteiger partial charge >= 0.3 is 0 Å². The Kier molecular flexibility index (Phi) is 5.78. The molecule has 0 unspecified atom stereocenters. The molecule has 4 nitrogen and oxygen atoms in total. The summed E-state index contributed by atoms with van der Waals surface area (Å²) in [4.78, 5) is 12.2. The fourth-order valence-electron chi connectivity index (χ4n) is 2.79. The first-order chi connectivity index (χ1) is 12.5. The highest BCUT2D eigenvalue weighted by molar-refractivity contribution is 14.1. The minimum atomic E-state index is -0.233. The molecule has 0 spiro atoms. The third kappa shape index (κ3) is 4.16. The first-order valence-electron chi connectivity index (χ1n) is 7.99. The van der Waals surface area contributed by atoms with Crippen LogP contribution >= 0.6 is 34.2 Å². The fourth-order valence-corrected chi connectivity index (χ4v) is 3.51. The number of carbonyl (C=O) groups is 1. The van der Waals surface area contributed by atoms with Gasteiger partial charge in [-0.05, 0) is 78.9 Å². The van der Waals surface area contributed by atoms with Crippen molar-refractivity contribution < 1.29 is 4.79 Å². The van der Waals surface area contributed by atoms with E-state index in [0.717, 1.165) is 26.2 Å². The molecular weight excluding hydrogens is 461 g/mol. The molecule has 0 aliphatic heterocycles. The van der Waals surface area contributed by atoms with E-state index in [1.54, 1.807) is 12.3 Å². The maximum absolute atomic E-state index is 12.2. The predicted octanol–water partition coefficient (Wildman–Crippen LogP) is 5.12. The topological polar surface area (TPSA) is 46.4 Å². The van der Waals surface area contributed by atoms with Gasteiger partial charge < -0.3 is 4.57 Å². The monoisotopic (exact) mass is 477 g/mol. The van der Waals surface area contributed by atoms with Crippen molar-refractivity contribution in [1.29, 1.82) is 0 Å². The smallest absolute Gasteiger partial charge is 0.271 e. The highest BCUT2D eigenvalue weighted by atomic mass is 127. The van der Waals surface area contributed by atoms with E-state index in [1.807, 2.05) is 62.4 Å². The van der Waals surface area contributed by atoms with Crippen LogP contribution in [-0.2, 0) is 0 Å². The molecule has 3 aromatic rings. The lowest BCUT2D eigenvalue weighted by Gasteiger charge is -2.09. The molecular formula is C20H17ClIN3O. The molecule has 0 atom stereocenters. The number of aryl methyl sites for hydroxylation is 1. The van der Waals surface area contributed by atoms with Crippen LogP contribution in [0.15, 0.2) is 59.7 Å². The molecule has 0 radical (unpaired) electrons. The predicted molar refractivity (Wildman–Crippen MR) is 114 cm³/mol. The minimum Gasteiger partial charge on any atom is -0.318 e. The van der Waals surface area contributed by atoms with Crippen LogP contribution in [0.2, 0.25) is 5.02 Å². The van der Waals surface area contributed by atoms with Gasteiger partial charge in [0.15, 0.2) is 0 Å². The molecule has 0 saturated carbocycles. The first kappa shape index (κ1) is 18.7. The van der Waals surface area contributed by atoms with Crippen molar-refractivity contribution in [2.24, 2.45) is 5.10 Å². The van der Waals surface area contributed by atoms with E-state index in [4.69, 9.17) is 11.6 Å². The number of hydrogen-bond donors (Lipinski definition) is 1. The summed E-state index contributed by atoms with van der Waals surface area (Å²) in [6.07, 6.45) is 1.66. The fraction of sp³-hybridized carbons (Fsp3) is 0.100. The summed E-state index contributed by atoms with van der Waals surface area (Å²) in [6, 6.07) is 17.1. The van der Waals surface area contributed by atoms with Crippen molar-refractivity contribution in [1.82, 2.24) is 9.99 Å². The van der Waals surface area contributed by atoms with E-state index in [2.05, 4.69) is 37.7 Å². The summed E-state index contributed by atoms with van der Waals surface area (Å²) >= 11 is 8.28. The van der Waals surface area contributed by atoms with Crippen LogP contribution in [0, 0.1) is 17.4 Å². The van der Waals surface area contributed by atoms with Crippen molar-refractivity contribution in [3.8, 4) is 5.69 Å². The second-order valence-electron chi connectivity index (χ2n) is 5.85. The summed E-state index contributed by atoms with van der Waals surface area (Å²) in [5.74, 6) is -0.233. The van der Waals surface area contributed by atoms with Gasteiger partial charge in [0.1, 0.15) is 0 Å². The number of benzene rings is 2. The van der Waals surface area contributed by atoms with Crippen molar-refractivity contribution >= 4 is 46.3 Å². The van der Waals surface area contributed by atoms with Gasteiger partial charge in [-0.3, -0.25) is 4.79 Å². The number of halogens is 2. The van der Waals surface area contributed by atoms with Gasteiger partial charge in [0.2, 0.25) is 0 Å². The zero-order valence-electron chi connectivity index (χ0n) is 14.3. The zero-order chi connectivity index (χ0) is 18.7. The molecule has 3 rings (SSSR count). The van der Waals surface area contributed by atoms with Crippen LogP contribution < -0.4 is 5.43 Å². The van der Waals surface area contributed by atoms with Crippen LogP contribution in [0.25, 0.3) is 5.69 Å². The third-order valence-electron chi connectivity index (χ3n) is 3.99. The number of aromatic nitrogens is 1. The molecule has 6 heteroatoms. The molecule has 0 bridgehead atoms. The van der Waals surface area contributed by atoms with Gasteiger partial charge in [-0.15, -0.1) is 0 Å². The van der Waals surface area contributed by atoms with Crippen molar-refractivity contribution in [3.63, 3.8) is 0 Å². The standard InChI is InChI=1S/C20H17ClIN3O/c1-13-9-16(14(2)25(13)19-8-4-6-17(21)11-19)12-23-24-20(26)15-5-3-7-18(22)10-15/h3-12H,1-2H3,(H,24,26)/b23-12-. The Balaban J connectivity index is 1.79. The Morgan fingerprint density at radius 1 is 1.15 bits per heavy atom. The largest absolute Gasteiger partial charge is 0.318 e. The van der Waals surface area contributed by atoms with Gasteiger partial charge in [-0.25, -0.2) is 5.43 Å². The number of hydrogen-bond acceptors (Lipinski definition) is 2. The Morgan fingerprint density at radius 3 is 2.65 bits per heavy atom. The number of nitrogens with one attached hydrogen (secondary N) is 1. The summed E-state index contributed by atoms with van der Waals surface area (Å²) in [6.45, 7) is 4.03. The second-order valence-corrected chi connectivity index (χ2v) is 7.53. The SMILES string of the molecule is Cc1cc(/C=N\NC(=O)c2cccc(I)c2)c(C)n1-c1cccc(Cl)c1. The molecule has 2 aromatic carbocycles. The summed E-state index contributed by atoms with van der Waals surface area (Å²) < 4.78 is 3.11. The molecule has 0 saturated heterocycles. The Labute approximate surface area is 171 Å². The number of rotatable bonds is 4. The molecule has 132 valence electrons. The summed E-state index contributed by atoms with van der Waals surface area (Å²) in [5, 5.41) is 4.80. The van der Waals surface area contributed by atoms with Gasteiger partial charge in [0.05, 0.1) is 6.21 Å². The van der Waals surface area contributed by atoms with E-state index >= 15 is 0 Å². The average molecular weight is 478 g/mol. The molecule has 0 aliphatic carbocycles.